The second-order valence-corrected chi connectivity index (χ2v) is 6.76. The summed E-state index contributed by atoms with van der Waals surface area (Å²) in [5.74, 6) is 1.55. The van der Waals surface area contributed by atoms with Gasteiger partial charge < -0.3 is 10.1 Å². The van der Waals surface area contributed by atoms with Gasteiger partial charge in [-0.1, -0.05) is 41.4 Å². The van der Waals surface area contributed by atoms with Crippen molar-refractivity contribution in [2.24, 2.45) is 0 Å². The number of rotatable bonds is 3. The fourth-order valence-electron chi connectivity index (χ4n) is 3.21. The molecule has 1 aliphatic heterocycles. The Morgan fingerprint density at radius 3 is 2.68 bits per heavy atom. The van der Waals surface area contributed by atoms with Crippen LogP contribution in [0.5, 0.6) is 5.75 Å². The van der Waals surface area contributed by atoms with Gasteiger partial charge in [0, 0.05) is 10.0 Å². The first-order chi connectivity index (χ1) is 12.2. The van der Waals surface area contributed by atoms with E-state index in [1.54, 1.807) is 19.5 Å². The summed E-state index contributed by atoms with van der Waals surface area (Å²) in [6, 6.07) is 13.7. The van der Waals surface area contributed by atoms with Crippen molar-refractivity contribution in [3.63, 3.8) is 0 Å². The maximum atomic E-state index is 6.41. The van der Waals surface area contributed by atoms with E-state index >= 15 is 0 Å². The van der Waals surface area contributed by atoms with Gasteiger partial charge in [0.1, 0.15) is 12.1 Å². The topological polar surface area (TPSA) is 52.0 Å². The van der Waals surface area contributed by atoms with Crippen LogP contribution in [0.3, 0.4) is 0 Å². The maximum Gasteiger partial charge on any atom is 0.222 e. The van der Waals surface area contributed by atoms with E-state index in [0.29, 0.717) is 10.0 Å². The van der Waals surface area contributed by atoms with Crippen LogP contribution in [-0.2, 0) is 0 Å². The quantitative estimate of drug-likeness (QED) is 0.719. The summed E-state index contributed by atoms with van der Waals surface area (Å²) < 4.78 is 7.16. The molecule has 2 aromatic carbocycles. The molecule has 0 bridgehead atoms. The van der Waals surface area contributed by atoms with Crippen LogP contribution in [-0.4, -0.2) is 21.9 Å². The number of hydrogen-bond acceptors (Lipinski definition) is 4. The number of halogens is 2. The zero-order valence-electron chi connectivity index (χ0n) is 13.5. The maximum absolute atomic E-state index is 6.41. The van der Waals surface area contributed by atoms with Crippen molar-refractivity contribution in [2.45, 2.75) is 18.5 Å². The minimum Gasteiger partial charge on any atom is -0.497 e. The minimum atomic E-state index is 0.0218. The molecule has 0 unspecified atom stereocenters. The monoisotopic (exact) mass is 374 g/mol. The molecule has 2 atom stereocenters. The number of ether oxygens (including phenoxy) is 1. The second-order valence-electron chi connectivity index (χ2n) is 5.92. The largest absolute Gasteiger partial charge is 0.497 e. The Hall–Kier alpha value is -2.24. The molecule has 1 N–H and O–H groups in total. The third-order valence-corrected chi connectivity index (χ3v) is 5.03. The first kappa shape index (κ1) is 16.2. The average molecular weight is 375 g/mol. The number of anilines is 1. The summed E-state index contributed by atoms with van der Waals surface area (Å²) in [6.07, 6.45) is 2.36. The van der Waals surface area contributed by atoms with Crippen LogP contribution in [0.15, 0.2) is 48.8 Å². The summed E-state index contributed by atoms with van der Waals surface area (Å²) in [5.41, 5.74) is 2.14. The number of hydrogen-bond donors (Lipinski definition) is 1. The van der Waals surface area contributed by atoms with Gasteiger partial charge in [-0.15, -0.1) is 0 Å². The molecular weight excluding hydrogens is 359 g/mol. The summed E-state index contributed by atoms with van der Waals surface area (Å²) >= 11 is 12.4. The first-order valence-electron chi connectivity index (χ1n) is 7.90. The SMILES string of the molecule is COc1ccc([C@H]2C[C@H](c3ccc(Cl)cc3Cl)Nc3ncnn32)cc1. The molecule has 4 rings (SSSR count). The zero-order valence-corrected chi connectivity index (χ0v) is 15.0. The highest BCUT2D eigenvalue weighted by molar-refractivity contribution is 6.35. The van der Waals surface area contributed by atoms with Gasteiger partial charge in [-0.05, 0) is 41.8 Å². The Bertz CT molecular complexity index is 894. The Morgan fingerprint density at radius 1 is 1.16 bits per heavy atom. The lowest BCUT2D eigenvalue weighted by Gasteiger charge is -2.32. The molecule has 25 heavy (non-hydrogen) atoms. The van der Waals surface area contributed by atoms with Gasteiger partial charge in [0.2, 0.25) is 5.95 Å². The highest BCUT2D eigenvalue weighted by Gasteiger charge is 2.30. The van der Waals surface area contributed by atoms with Crippen molar-refractivity contribution in [1.82, 2.24) is 14.8 Å². The Kier molecular flexibility index (Phi) is 4.27. The predicted molar refractivity (Wildman–Crippen MR) is 98.6 cm³/mol. The van der Waals surface area contributed by atoms with Crippen LogP contribution in [0.2, 0.25) is 10.0 Å². The van der Waals surface area contributed by atoms with Crippen molar-refractivity contribution in [2.75, 3.05) is 12.4 Å². The Labute approximate surface area is 155 Å². The number of fused-ring (bicyclic) bond motifs is 1. The van der Waals surface area contributed by atoms with Gasteiger partial charge in [0.05, 0.1) is 19.2 Å². The number of nitrogens with zero attached hydrogens (tertiary/aromatic N) is 3. The van der Waals surface area contributed by atoms with Crippen LogP contribution >= 0.6 is 23.2 Å². The van der Waals surface area contributed by atoms with E-state index in [1.807, 2.05) is 28.9 Å². The van der Waals surface area contributed by atoms with E-state index < -0.39 is 0 Å². The van der Waals surface area contributed by atoms with Crippen molar-refractivity contribution in [1.29, 1.82) is 0 Å². The van der Waals surface area contributed by atoms with Crippen molar-refractivity contribution < 1.29 is 4.74 Å². The third-order valence-electron chi connectivity index (χ3n) is 4.47. The smallest absolute Gasteiger partial charge is 0.222 e. The van der Waals surface area contributed by atoms with Gasteiger partial charge in [-0.2, -0.15) is 10.1 Å². The lowest BCUT2D eigenvalue weighted by molar-refractivity contribution is 0.411. The van der Waals surface area contributed by atoms with Crippen LogP contribution in [0, 0.1) is 0 Å². The number of aromatic nitrogens is 3. The molecule has 0 amide bonds. The first-order valence-corrected chi connectivity index (χ1v) is 8.66. The van der Waals surface area contributed by atoms with Crippen molar-refractivity contribution >= 4 is 29.2 Å². The van der Waals surface area contributed by atoms with E-state index in [-0.39, 0.29) is 12.1 Å². The lowest BCUT2D eigenvalue weighted by Crippen LogP contribution is -2.28. The van der Waals surface area contributed by atoms with E-state index in [9.17, 15) is 0 Å². The molecule has 5 nitrogen and oxygen atoms in total. The highest BCUT2D eigenvalue weighted by atomic mass is 35.5. The summed E-state index contributed by atoms with van der Waals surface area (Å²) in [7, 11) is 1.66. The van der Waals surface area contributed by atoms with Gasteiger partial charge in [-0.25, -0.2) is 4.68 Å². The van der Waals surface area contributed by atoms with E-state index in [2.05, 4.69) is 27.5 Å². The van der Waals surface area contributed by atoms with Crippen LogP contribution in [0.25, 0.3) is 0 Å². The minimum absolute atomic E-state index is 0.0218. The molecule has 0 saturated carbocycles. The van der Waals surface area contributed by atoms with Crippen LogP contribution < -0.4 is 10.1 Å². The molecule has 0 radical (unpaired) electrons. The number of nitrogens with one attached hydrogen (secondary N) is 1. The fourth-order valence-corrected chi connectivity index (χ4v) is 3.75. The molecule has 7 heteroatoms. The average Bonchev–Trinajstić information content (AvgIpc) is 3.09. The normalized spacial score (nSPS) is 19.2. The molecule has 3 aromatic rings. The Balaban J connectivity index is 1.72. The van der Waals surface area contributed by atoms with Gasteiger partial charge in [0.25, 0.3) is 0 Å². The summed E-state index contributed by atoms with van der Waals surface area (Å²) in [4.78, 5) is 4.34. The van der Waals surface area contributed by atoms with E-state index in [0.717, 1.165) is 29.2 Å². The highest BCUT2D eigenvalue weighted by Crippen LogP contribution is 2.40. The zero-order chi connectivity index (χ0) is 17.4. The molecule has 1 aromatic heterocycles. The van der Waals surface area contributed by atoms with Crippen molar-refractivity contribution in [3.8, 4) is 5.75 Å². The summed E-state index contributed by atoms with van der Waals surface area (Å²) in [5, 5.41) is 9.06. The molecule has 0 aliphatic carbocycles. The molecule has 2 heterocycles. The van der Waals surface area contributed by atoms with E-state index in [4.69, 9.17) is 27.9 Å². The van der Waals surface area contributed by atoms with Gasteiger partial charge >= 0.3 is 0 Å². The number of benzene rings is 2. The van der Waals surface area contributed by atoms with Gasteiger partial charge in [-0.3, -0.25) is 0 Å². The van der Waals surface area contributed by atoms with Crippen LogP contribution in [0.4, 0.5) is 5.95 Å². The van der Waals surface area contributed by atoms with E-state index in [1.165, 1.54) is 0 Å². The number of methoxy groups -OCH3 is 1. The molecule has 1 aliphatic rings. The fraction of sp³-hybridized carbons (Fsp3) is 0.222. The molecule has 128 valence electrons. The Morgan fingerprint density at radius 2 is 1.96 bits per heavy atom. The lowest BCUT2D eigenvalue weighted by atomic mass is 9.93. The summed E-state index contributed by atoms with van der Waals surface area (Å²) in [6.45, 7) is 0. The van der Waals surface area contributed by atoms with Crippen LogP contribution in [0.1, 0.15) is 29.6 Å². The molecule has 0 fully saturated rings. The molecular formula is C18H16Cl2N4O. The van der Waals surface area contributed by atoms with Crippen molar-refractivity contribution in [3.05, 3.63) is 70.0 Å². The third kappa shape index (κ3) is 3.05. The standard InChI is InChI=1S/C18H16Cl2N4O/c1-25-13-5-2-11(3-6-13)17-9-16(23-18-21-10-22-24(17)18)14-7-4-12(19)8-15(14)20/h2-8,10,16-17H,9H2,1H3,(H,21,22,23)/t16-,17-/m1/s1. The second kappa shape index (κ2) is 6.58. The predicted octanol–water partition coefficient (Wildman–Crippen LogP) is 4.74. The molecule has 0 saturated heterocycles. The van der Waals surface area contributed by atoms with Gasteiger partial charge in [0.15, 0.2) is 0 Å². The molecule has 0 spiro atoms.